The summed E-state index contributed by atoms with van der Waals surface area (Å²) in [6.45, 7) is 0.840. The van der Waals surface area contributed by atoms with Gasteiger partial charge in [0.15, 0.2) is 0 Å². The first-order valence-electron chi connectivity index (χ1n) is 8.01. The number of halogens is 3. The lowest BCUT2D eigenvalue weighted by atomic mass is 10.1. The van der Waals surface area contributed by atoms with E-state index in [2.05, 4.69) is 5.10 Å². The van der Waals surface area contributed by atoms with Crippen molar-refractivity contribution in [1.29, 1.82) is 0 Å². The molecule has 0 N–H and O–H groups in total. The van der Waals surface area contributed by atoms with E-state index in [1.54, 1.807) is 4.90 Å². The summed E-state index contributed by atoms with van der Waals surface area (Å²) >= 11 is 1.43. The van der Waals surface area contributed by atoms with Crippen LogP contribution >= 0.6 is 11.8 Å². The zero-order chi connectivity index (χ0) is 17.9. The molecule has 1 atom stereocenters. The molecule has 1 aliphatic rings. The van der Waals surface area contributed by atoms with Crippen LogP contribution in [0.1, 0.15) is 24.6 Å². The van der Waals surface area contributed by atoms with Crippen LogP contribution in [0.25, 0.3) is 0 Å². The predicted molar refractivity (Wildman–Crippen MR) is 89.2 cm³/mol. The Morgan fingerprint density at radius 2 is 2.00 bits per heavy atom. The number of piperidine rings is 1. The fourth-order valence-corrected chi connectivity index (χ4v) is 3.79. The van der Waals surface area contributed by atoms with E-state index < -0.39 is 17.9 Å². The van der Waals surface area contributed by atoms with Gasteiger partial charge in [0.1, 0.15) is 5.69 Å². The quantitative estimate of drug-likeness (QED) is 0.768. The van der Waals surface area contributed by atoms with Crippen LogP contribution in [-0.4, -0.2) is 39.4 Å². The normalized spacial score (nSPS) is 18.4. The average Bonchev–Trinajstić information content (AvgIpc) is 3.11. The van der Waals surface area contributed by atoms with Gasteiger partial charge in [-0.2, -0.15) is 18.3 Å². The Kier molecular flexibility index (Phi) is 5.36. The highest BCUT2D eigenvalue weighted by Gasteiger charge is 2.37. The number of carbonyl (C=O) groups is 1. The van der Waals surface area contributed by atoms with Crippen LogP contribution in [0.5, 0.6) is 0 Å². The van der Waals surface area contributed by atoms with Crippen LogP contribution in [-0.2, 0) is 11.0 Å². The molecule has 1 amide bonds. The molecule has 1 aromatic carbocycles. The van der Waals surface area contributed by atoms with Gasteiger partial charge in [0.25, 0.3) is 0 Å². The lowest BCUT2D eigenvalue weighted by Crippen LogP contribution is -2.42. The van der Waals surface area contributed by atoms with Gasteiger partial charge in [-0.05, 0) is 31.0 Å². The zero-order valence-electron chi connectivity index (χ0n) is 13.4. The third-order valence-electron chi connectivity index (χ3n) is 4.16. The number of aromatic nitrogens is 2. The van der Waals surface area contributed by atoms with Crippen molar-refractivity contribution in [2.24, 2.45) is 0 Å². The third kappa shape index (κ3) is 4.36. The Morgan fingerprint density at radius 1 is 1.24 bits per heavy atom. The minimum absolute atomic E-state index is 0.0562. The number of carbonyl (C=O) groups excluding carboxylic acids is 1. The molecule has 25 heavy (non-hydrogen) atoms. The molecule has 1 saturated heterocycles. The number of hydrogen-bond donors (Lipinski definition) is 0. The van der Waals surface area contributed by atoms with Crippen LogP contribution in [0.15, 0.2) is 47.5 Å². The van der Waals surface area contributed by atoms with Crippen molar-refractivity contribution in [2.45, 2.75) is 30.0 Å². The molecule has 1 aliphatic heterocycles. The summed E-state index contributed by atoms with van der Waals surface area (Å²) in [5.41, 5.74) is -0.759. The predicted octanol–water partition coefficient (Wildman–Crippen LogP) is 3.86. The van der Waals surface area contributed by atoms with Gasteiger partial charge >= 0.3 is 6.18 Å². The Labute approximate surface area is 148 Å². The fraction of sp³-hybridized carbons (Fsp3) is 0.412. The second-order valence-corrected chi connectivity index (χ2v) is 6.95. The van der Waals surface area contributed by atoms with E-state index in [0.29, 0.717) is 19.4 Å². The number of rotatable bonds is 4. The number of hydrogen-bond acceptors (Lipinski definition) is 3. The number of alkyl halides is 3. The molecule has 0 saturated carbocycles. The molecule has 0 spiro atoms. The molecule has 2 aromatic rings. The second-order valence-electron chi connectivity index (χ2n) is 5.90. The van der Waals surface area contributed by atoms with Gasteiger partial charge in [0.05, 0.1) is 11.8 Å². The maximum atomic E-state index is 13.1. The minimum atomic E-state index is -4.44. The number of amides is 1. The van der Waals surface area contributed by atoms with Crippen molar-refractivity contribution in [3.63, 3.8) is 0 Å². The van der Waals surface area contributed by atoms with Crippen molar-refractivity contribution in [3.05, 3.63) is 48.3 Å². The largest absolute Gasteiger partial charge is 0.433 e. The number of thioether (sulfide) groups is 1. The topological polar surface area (TPSA) is 38.1 Å². The molecule has 1 aromatic heterocycles. The highest BCUT2D eigenvalue weighted by molar-refractivity contribution is 8.00. The van der Waals surface area contributed by atoms with E-state index in [9.17, 15) is 18.0 Å². The Bertz CT molecular complexity index is 717. The number of benzene rings is 1. The highest BCUT2D eigenvalue weighted by atomic mass is 32.2. The van der Waals surface area contributed by atoms with Crippen molar-refractivity contribution in [3.8, 4) is 0 Å². The maximum Gasteiger partial charge on any atom is 0.433 e. The summed E-state index contributed by atoms with van der Waals surface area (Å²) < 4.78 is 40.2. The van der Waals surface area contributed by atoms with Crippen molar-refractivity contribution < 1.29 is 18.0 Å². The van der Waals surface area contributed by atoms with E-state index in [0.717, 1.165) is 21.8 Å². The van der Waals surface area contributed by atoms with Gasteiger partial charge in [-0.3, -0.25) is 9.48 Å². The number of likely N-dealkylation sites (tertiary alicyclic amines) is 1. The van der Waals surface area contributed by atoms with Crippen LogP contribution in [0, 0.1) is 0 Å². The molecule has 4 nitrogen and oxygen atoms in total. The van der Waals surface area contributed by atoms with Gasteiger partial charge in [-0.15, -0.1) is 11.8 Å². The van der Waals surface area contributed by atoms with E-state index in [4.69, 9.17) is 0 Å². The monoisotopic (exact) mass is 369 g/mol. The lowest BCUT2D eigenvalue weighted by molar-refractivity contribution is -0.145. The molecular weight excluding hydrogens is 351 g/mol. The molecule has 0 bridgehead atoms. The Hall–Kier alpha value is -1.96. The summed E-state index contributed by atoms with van der Waals surface area (Å²) in [6, 6.07) is 10.1. The van der Waals surface area contributed by atoms with Crippen LogP contribution in [0.4, 0.5) is 13.2 Å². The molecular formula is C17H18F3N3OS. The van der Waals surface area contributed by atoms with Crippen LogP contribution < -0.4 is 0 Å². The first-order valence-corrected chi connectivity index (χ1v) is 9.00. The van der Waals surface area contributed by atoms with E-state index >= 15 is 0 Å². The van der Waals surface area contributed by atoms with Gasteiger partial charge in [-0.1, -0.05) is 18.2 Å². The summed E-state index contributed by atoms with van der Waals surface area (Å²) in [5.74, 6) is 0.223. The Balaban J connectivity index is 1.63. The molecule has 3 rings (SSSR count). The molecule has 1 unspecified atom stereocenters. The van der Waals surface area contributed by atoms with Crippen LogP contribution in [0.3, 0.4) is 0 Å². The molecule has 134 valence electrons. The number of nitrogens with zero attached hydrogens (tertiary/aromatic N) is 3. The van der Waals surface area contributed by atoms with E-state index in [-0.39, 0.29) is 18.2 Å². The van der Waals surface area contributed by atoms with Gasteiger partial charge in [-0.25, -0.2) is 0 Å². The average molecular weight is 369 g/mol. The molecule has 2 heterocycles. The SMILES string of the molecule is O=C(CSc1ccccc1)N1CCCC(n2nccc2C(F)(F)F)C1. The maximum absolute atomic E-state index is 13.1. The van der Waals surface area contributed by atoms with E-state index in [1.165, 1.54) is 11.8 Å². The van der Waals surface area contributed by atoms with Gasteiger partial charge < -0.3 is 4.90 Å². The van der Waals surface area contributed by atoms with Crippen LogP contribution in [0.2, 0.25) is 0 Å². The van der Waals surface area contributed by atoms with Gasteiger partial charge in [0, 0.05) is 24.2 Å². The first kappa shape index (κ1) is 17.8. The molecule has 0 radical (unpaired) electrons. The molecule has 0 aliphatic carbocycles. The first-order chi connectivity index (χ1) is 11.9. The molecule has 1 fully saturated rings. The third-order valence-corrected chi connectivity index (χ3v) is 5.16. The van der Waals surface area contributed by atoms with E-state index in [1.807, 2.05) is 30.3 Å². The minimum Gasteiger partial charge on any atom is -0.340 e. The molecule has 8 heteroatoms. The van der Waals surface area contributed by atoms with Crippen molar-refractivity contribution >= 4 is 17.7 Å². The summed E-state index contributed by atoms with van der Waals surface area (Å²) in [7, 11) is 0. The summed E-state index contributed by atoms with van der Waals surface area (Å²) in [6.07, 6.45) is -2.02. The fourth-order valence-electron chi connectivity index (χ4n) is 2.96. The smallest absolute Gasteiger partial charge is 0.340 e. The highest BCUT2D eigenvalue weighted by Crippen LogP contribution is 2.33. The standard InChI is InChI=1S/C17H18F3N3OS/c18-17(19,20)15-8-9-21-23(15)13-5-4-10-22(11-13)16(24)12-25-14-6-2-1-3-7-14/h1-3,6-9,13H,4-5,10-12H2. The Morgan fingerprint density at radius 3 is 2.72 bits per heavy atom. The summed E-state index contributed by atoms with van der Waals surface area (Å²) in [4.78, 5) is 15.1. The second kappa shape index (κ2) is 7.51. The van der Waals surface area contributed by atoms with Crippen molar-refractivity contribution in [1.82, 2.24) is 14.7 Å². The summed E-state index contributed by atoms with van der Waals surface area (Å²) in [5, 5.41) is 3.85. The van der Waals surface area contributed by atoms with Crippen molar-refractivity contribution in [2.75, 3.05) is 18.8 Å². The zero-order valence-corrected chi connectivity index (χ0v) is 14.3. The lowest BCUT2D eigenvalue weighted by Gasteiger charge is -2.33. The van der Waals surface area contributed by atoms with Gasteiger partial charge in [0.2, 0.25) is 5.91 Å².